The lowest BCUT2D eigenvalue weighted by Gasteiger charge is -2.14. The van der Waals surface area contributed by atoms with Gasteiger partial charge in [0.1, 0.15) is 5.75 Å². The molecule has 1 unspecified atom stereocenters. The number of para-hydroxylation sites is 1. The molecule has 0 radical (unpaired) electrons. The molecule has 26 heavy (non-hydrogen) atoms. The summed E-state index contributed by atoms with van der Waals surface area (Å²) in [6, 6.07) is 14.5. The third-order valence-electron chi connectivity index (χ3n) is 3.51. The van der Waals surface area contributed by atoms with Crippen molar-refractivity contribution in [1.29, 1.82) is 0 Å². The first-order valence-electron chi connectivity index (χ1n) is 7.92. The predicted molar refractivity (Wildman–Crippen MR) is 105 cm³/mol. The molecule has 0 saturated carbocycles. The van der Waals surface area contributed by atoms with Crippen molar-refractivity contribution in [3.63, 3.8) is 0 Å². The first-order valence-corrected chi connectivity index (χ1v) is 10.7. The fraction of sp³-hybridized carbons (Fsp3) is 0.278. The Morgan fingerprint density at radius 3 is 2.42 bits per heavy atom. The lowest BCUT2D eigenvalue weighted by atomic mass is 10.2. The van der Waals surface area contributed by atoms with Crippen LogP contribution >= 0.6 is 11.8 Å². The van der Waals surface area contributed by atoms with E-state index in [4.69, 9.17) is 4.74 Å². The van der Waals surface area contributed by atoms with Crippen molar-refractivity contribution in [3.8, 4) is 5.75 Å². The quantitative estimate of drug-likeness (QED) is 0.673. The molecule has 6 nitrogen and oxygen atoms in total. The molecule has 2 aromatic carbocycles. The average molecular weight is 395 g/mol. The van der Waals surface area contributed by atoms with Crippen molar-refractivity contribution >= 4 is 33.4 Å². The molecule has 0 spiro atoms. The predicted octanol–water partition coefficient (Wildman–Crippen LogP) is 2.86. The molecule has 0 aromatic heterocycles. The number of anilines is 1. The lowest BCUT2D eigenvalue weighted by Crippen LogP contribution is -2.30. The number of hydrogen-bond donors (Lipinski definition) is 2. The van der Waals surface area contributed by atoms with Crippen LogP contribution < -0.4 is 14.8 Å². The average Bonchev–Trinajstić information content (AvgIpc) is 2.60. The van der Waals surface area contributed by atoms with Crippen LogP contribution in [0.25, 0.3) is 0 Å². The molecule has 0 aliphatic carbocycles. The first-order chi connectivity index (χ1) is 12.3. The van der Waals surface area contributed by atoms with E-state index < -0.39 is 10.0 Å². The smallest absolute Gasteiger partial charge is 0.233 e. The fourth-order valence-corrected chi connectivity index (χ4v) is 3.70. The van der Waals surface area contributed by atoms with Crippen LogP contribution in [0, 0.1) is 0 Å². The molecular weight excluding hydrogens is 372 g/mol. The Morgan fingerprint density at radius 1 is 1.15 bits per heavy atom. The number of benzene rings is 2. The number of methoxy groups -OCH3 is 1. The standard InChI is InChI=1S/C18H22N2O4S2/c1-13(25-16-10-8-15(24-2)9-11-16)18(21)19-12-14-6-4-5-7-17(14)20-26(3,22)23/h4-11,13,20H,12H2,1-3H3,(H,19,21). The zero-order valence-electron chi connectivity index (χ0n) is 14.9. The minimum atomic E-state index is -3.38. The van der Waals surface area contributed by atoms with Crippen molar-refractivity contribution in [2.45, 2.75) is 23.6 Å². The summed E-state index contributed by atoms with van der Waals surface area (Å²) < 4.78 is 30.4. The third-order valence-corrected chi connectivity index (χ3v) is 5.21. The largest absolute Gasteiger partial charge is 0.497 e. The van der Waals surface area contributed by atoms with Gasteiger partial charge in [-0.05, 0) is 42.8 Å². The SMILES string of the molecule is COc1ccc(SC(C)C(=O)NCc2ccccc2NS(C)(=O)=O)cc1. The Labute approximate surface area is 158 Å². The number of hydrogen-bond acceptors (Lipinski definition) is 5. The van der Waals surface area contributed by atoms with E-state index in [1.54, 1.807) is 31.4 Å². The summed E-state index contributed by atoms with van der Waals surface area (Å²) in [5, 5.41) is 2.56. The van der Waals surface area contributed by atoms with Crippen molar-refractivity contribution in [3.05, 3.63) is 54.1 Å². The van der Waals surface area contributed by atoms with Gasteiger partial charge in [-0.25, -0.2) is 8.42 Å². The maximum Gasteiger partial charge on any atom is 0.233 e. The van der Waals surface area contributed by atoms with Crippen LogP contribution in [0.5, 0.6) is 5.75 Å². The molecule has 0 heterocycles. The molecule has 1 atom stereocenters. The highest BCUT2D eigenvalue weighted by Gasteiger charge is 2.15. The van der Waals surface area contributed by atoms with E-state index in [0.29, 0.717) is 11.3 Å². The summed E-state index contributed by atoms with van der Waals surface area (Å²) in [4.78, 5) is 13.3. The monoisotopic (exact) mass is 394 g/mol. The molecule has 0 bridgehead atoms. The summed E-state index contributed by atoms with van der Waals surface area (Å²) in [6.07, 6.45) is 1.09. The van der Waals surface area contributed by atoms with Crippen molar-refractivity contribution in [1.82, 2.24) is 5.32 Å². The highest BCUT2D eigenvalue weighted by atomic mass is 32.2. The molecule has 1 amide bonds. The fourth-order valence-electron chi connectivity index (χ4n) is 2.21. The van der Waals surface area contributed by atoms with Gasteiger partial charge in [0.25, 0.3) is 0 Å². The van der Waals surface area contributed by atoms with Gasteiger partial charge in [-0.3, -0.25) is 9.52 Å². The Hall–Kier alpha value is -2.19. The number of carbonyl (C=O) groups is 1. The molecular formula is C18H22N2O4S2. The topological polar surface area (TPSA) is 84.5 Å². The summed E-state index contributed by atoms with van der Waals surface area (Å²) in [5.41, 5.74) is 1.17. The van der Waals surface area contributed by atoms with Gasteiger partial charge in [0.2, 0.25) is 15.9 Å². The number of carbonyl (C=O) groups excluding carboxylic acids is 1. The molecule has 0 aliphatic heterocycles. The number of amides is 1. The van der Waals surface area contributed by atoms with Gasteiger partial charge in [0, 0.05) is 11.4 Å². The molecule has 8 heteroatoms. The second-order valence-electron chi connectivity index (χ2n) is 5.68. The molecule has 140 valence electrons. The maximum absolute atomic E-state index is 12.3. The third kappa shape index (κ3) is 6.27. The minimum absolute atomic E-state index is 0.125. The van der Waals surface area contributed by atoms with E-state index in [2.05, 4.69) is 10.0 Å². The molecule has 2 rings (SSSR count). The number of ether oxygens (including phenoxy) is 1. The second-order valence-corrected chi connectivity index (χ2v) is 8.85. The van der Waals surface area contributed by atoms with Crippen LogP contribution in [-0.4, -0.2) is 32.9 Å². The zero-order chi connectivity index (χ0) is 19.2. The zero-order valence-corrected chi connectivity index (χ0v) is 16.5. The normalized spacial score (nSPS) is 12.3. The lowest BCUT2D eigenvalue weighted by molar-refractivity contribution is -0.120. The van der Waals surface area contributed by atoms with E-state index in [0.717, 1.165) is 16.9 Å². The van der Waals surface area contributed by atoms with E-state index in [-0.39, 0.29) is 17.7 Å². The maximum atomic E-state index is 12.3. The highest BCUT2D eigenvalue weighted by molar-refractivity contribution is 8.00. The highest BCUT2D eigenvalue weighted by Crippen LogP contribution is 2.25. The van der Waals surface area contributed by atoms with Crippen LogP contribution in [-0.2, 0) is 21.4 Å². The summed E-state index contributed by atoms with van der Waals surface area (Å²) in [7, 11) is -1.77. The van der Waals surface area contributed by atoms with Crippen LogP contribution in [0.15, 0.2) is 53.4 Å². The van der Waals surface area contributed by atoms with Gasteiger partial charge >= 0.3 is 0 Å². The molecule has 2 aromatic rings. The molecule has 0 aliphatic rings. The van der Waals surface area contributed by atoms with E-state index in [9.17, 15) is 13.2 Å². The van der Waals surface area contributed by atoms with Crippen LogP contribution in [0.3, 0.4) is 0 Å². The summed E-state index contributed by atoms with van der Waals surface area (Å²) in [5.74, 6) is 0.640. The van der Waals surface area contributed by atoms with E-state index >= 15 is 0 Å². The van der Waals surface area contributed by atoms with Gasteiger partial charge in [-0.1, -0.05) is 18.2 Å². The number of sulfonamides is 1. The number of nitrogens with one attached hydrogen (secondary N) is 2. The number of rotatable bonds is 8. The molecule has 0 fully saturated rings. The van der Waals surface area contributed by atoms with E-state index in [1.807, 2.05) is 31.2 Å². The van der Waals surface area contributed by atoms with Gasteiger partial charge in [0.05, 0.1) is 24.3 Å². The minimum Gasteiger partial charge on any atom is -0.497 e. The van der Waals surface area contributed by atoms with Crippen molar-refractivity contribution < 1.29 is 17.9 Å². The molecule has 0 saturated heterocycles. The van der Waals surface area contributed by atoms with E-state index in [1.165, 1.54) is 11.8 Å². The Bertz CT molecular complexity index is 852. The Balaban J connectivity index is 1.95. The Kier molecular flexibility index (Phi) is 6.93. The van der Waals surface area contributed by atoms with Crippen molar-refractivity contribution in [2.75, 3.05) is 18.1 Å². The molecule has 2 N–H and O–H groups in total. The Morgan fingerprint density at radius 2 is 1.81 bits per heavy atom. The number of thioether (sulfide) groups is 1. The van der Waals surface area contributed by atoms with Crippen LogP contribution in [0.1, 0.15) is 12.5 Å². The van der Waals surface area contributed by atoms with Gasteiger partial charge < -0.3 is 10.1 Å². The van der Waals surface area contributed by atoms with Gasteiger partial charge in [-0.15, -0.1) is 11.8 Å². The van der Waals surface area contributed by atoms with Crippen LogP contribution in [0.4, 0.5) is 5.69 Å². The second kappa shape index (κ2) is 8.95. The first kappa shape index (κ1) is 20.1. The van der Waals surface area contributed by atoms with Gasteiger partial charge in [-0.2, -0.15) is 0 Å². The summed E-state index contributed by atoms with van der Waals surface area (Å²) in [6.45, 7) is 2.07. The van der Waals surface area contributed by atoms with Crippen molar-refractivity contribution in [2.24, 2.45) is 0 Å². The van der Waals surface area contributed by atoms with Crippen LogP contribution in [0.2, 0.25) is 0 Å². The van der Waals surface area contributed by atoms with Gasteiger partial charge in [0.15, 0.2) is 0 Å². The summed E-state index contributed by atoms with van der Waals surface area (Å²) >= 11 is 1.44.